The number of hydrogen-bond donors (Lipinski definition) is 0. The summed E-state index contributed by atoms with van der Waals surface area (Å²) in [7, 11) is 0. The van der Waals surface area contributed by atoms with Crippen LogP contribution < -0.4 is 0 Å². The first kappa shape index (κ1) is 10.6. The Morgan fingerprint density at radius 2 is 2.15 bits per heavy atom. The van der Waals surface area contributed by atoms with Gasteiger partial charge in [-0.25, -0.2) is 4.79 Å². The molecule has 0 aromatic rings. The van der Waals surface area contributed by atoms with Gasteiger partial charge in [-0.3, -0.25) is 0 Å². The van der Waals surface area contributed by atoms with E-state index >= 15 is 0 Å². The maximum Gasteiger partial charge on any atom is 0.334 e. The molecule has 0 aliphatic carbocycles. The second kappa shape index (κ2) is 4.65. The summed E-state index contributed by atoms with van der Waals surface area (Å²) in [6.07, 6.45) is 2.31. The lowest BCUT2D eigenvalue weighted by atomic mass is 9.62. The molecule has 0 amide bonds. The monoisotopic (exact) mass is 184 g/mol. The van der Waals surface area contributed by atoms with Gasteiger partial charge in [-0.2, -0.15) is 0 Å². The number of carbonyl (C=O) groups excluding carboxylic acids is 1. The maximum absolute atomic E-state index is 11.2. The summed E-state index contributed by atoms with van der Waals surface area (Å²) in [5.74, 6) is -0.195. The van der Waals surface area contributed by atoms with Crippen LogP contribution in [0.2, 0.25) is 12.6 Å². The van der Waals surface area contributed by atoms with Crippen molar-refractivity contribution in [1.29, 1.82) is 0 Å². The van der Waals surface area contributed by atoms with Gasteiger partial charge >= 0.3 is 5.97 Å². The molecule has 0 radical (unpaired) electrons. The van der Waals surface area contributed by atoms with E-state index < -0.39 is 0 Å². The van der Waals surface area contributed by atoms with Gasteiger partial charge in [0.05, 0.1) is 0 Å². The molecule has 3 nitrogen and oxygen atoms in total. The van der Waals surface area contributed by atoms with Crippen LogP contribution >= 0.6 is 0 Å². The highest BCUT2D eigenvalue weighted by atomic mass is 16.6. The summed E-state index contributed by atoms with van der Waals surface area (Å²) < 4.78 is 10.6. The Morgan fingerprint density at radius 1 is 1.54 bits per heavy atom. The molecular weight excluding hydrogens is 167 g/mol. The minimum Gasteiger partial charge on any atom is -0.461 e. The van der Waals surface area contributed by atoms with Crippen molar-refractivity contribution in [1.82, 2.24) is 0 Å². The average molecular weight is 184 g/mol. The molecule has 0 aromatic heterocycles. The van der Waals surface area contributed by atoms with Crippen LogP contribution in [-0.2, 0) is 14.2 Å². The molecule has 1 aliphatic heterocycles. The van der Waals surface area contributed by atoms with E-state index in [4.69, 9.17) is 9.39 Å². The van der Waals surface area contributed by atoms with E-state index in [-0.39, 0.29) is 25.1 Å². The Balaban J connectivity index is 2.40. The van der Waals surface area contributed by atoms with Crippen LogP contribution in [0.5, 0.6) is 0 Å². The van der Waals surface area contributed by atoms with Crippen LogP contribution in [0.15, 0.2) is 0 Å². The van der Waals surface area contributed by atoms with E-state index in [0.29, 0.717) is 6.42 Å². The van der Waals surface area contributed by atoms with Gasteiger partial charge in [0, 0.05) is 6.42 Å². The fourth-order valence-corrected chi connectivity index (χ4v) is 1.54. The number of cyclic esters (lactones) is 1. The quantitative estimate of drug-likeness (QED) is 0.493. The molecule has 74 valence electrons. The van der Waals surface area contributed by atoms with Gasteiger partial charge in [0.1, 0.15) is 12.2 Å². The summed E-state index contributed by atoms with van der Waals surface area (Å²) in [6, 6.07) is 0. The molecule has 0 spiro atoms. The van der Waals surface area contributed by atoms with Gasteiger partial charge in [-0.1, -0.05) is 26.5 Å². The molecule has 13 heavy (non-hydrogen) atoms. The molecule has 2 unspecified atom stereocenters. The predicted molar refractivity (Wildman–Crippen MR) is 51.8 cm³/mol. The molecule has 0 aromatic carbocycles. The first-order chi connectivity index (χ1) is 6.17. The van der Waals surface area contributed by atoms with Crippen molar-refractivity contribution in [2.45, 2.75) is 52.0 Å². The van der Waals surface area contributed by atoms with Gasteiger partial charge in [-0.05, 0) is 6.92 Å². The minimum atomic E-state index is -0.320. The Bertz CT molecular complexity index is 180. The van der Waals surface area contributed by atoms with Crippen LogP contribution in [0.3, 0.4) is 0 Å². The van der Waals surface area contributed by atoms with E-state index in [2.05, 4.69) is 13.8 Å². The average Bonchev–Trinajstić information content (AvgIpc) is 2.41. The second-order valence-corrected chi connectivity index (χ2v) is 3.55. The van der Waals surface area contributed by atoms with Gasteiger partial charge < -0.3 is 9.39 Å². The molecule has 1 saturated heterocycles. The Hall–Kier alpha value is -0.505. The van der Waals surface area contributed by atoms with Gasteiger partial charge in [0.2, 0.25) is 0 Å². The minimum absolute atomic E-state index is 0.0202. The zero-order chi connectivity index (χ0) is 9.84. The molecule has 1 rings (SSSR count). The van der Waals surface area contributed by atoms with E-state index in [0.717, 1.165) is 12.6 Å². The first-order valence-electron chi connectivity index (χ1n) is 5.03. The number of rotatable bonds is 4. The van der Waals surface area contributed by atoms with E-state index in [9.17, 15) is 4.79 Å². The maximum atomic E-state index is 11.2. The lowest BCUT2D eigenvalue weighted by Crippen LogP contribution is -2.27. The topological polar surface area (TPSA) is 35.5 Å². The molecule has 0 bridgehead atoms. The Kier molecular flexibility index (Phi) is 3.79. The summed E-state index contributed by atoms with van der Waals surface area (Å²) in [6.45, 7) is 6.23. The van der Waals surface area contributed by atoms with Crippen LogP contribution in [-0.4, -0.2) is 25.1 Å². The first-order valence-corrected chi connectivity index (χ1v) is 5.03. The Morgan fingerprint density at radius 3 is 2.54 bits per heavy atom. The number of hydrogen-bond acceptors (Lipinski definition) is 3. The SMILES string of the molecule is CCB(CC)OC1CC(C)OC1=O. The van der Waals surface area contributed by atoms with Crippen molar-refractivity contribution < 1.29 is 14.2 Å². The van der Waals surface area contributed by atoms with E-state index in [1.54, 1.807) is 0 Å². The van der Waals surface area contributed by atoms with E-state index in [1.807, 2.05) is 6.92 Å². The standard InChI is InChI=1S/C9H17BO3/c1-4-10(5-2)13-8-6-7(3)12-9(8)11/h7-8H,4-6H2,1-3H3. The molecular formula is C9H17BO3. The molecule has 1 fully saturated rings. The Labute approximate surface area is 79.9 Å². The zero-order valence-electron chi connectivity index (χ0n) is 8.58. The molecule has 2 atom stereocenters. The third kappa shape index (κ3) is 2.73. The smallest absolute Gasteiger partial charge is 0.334 e. The fraction of sp³-hybridized carbons (Fsp3) is 0.889. The van der Waals surface area contributed by atoms with Crippen LogP contribution in [0.1, 0.15) is 27.2 Å². The number of esters is 1. The number of ether oxygens (including phenoxy) is 1. The normalized spacial score (nSPS) is 27.5. The van der Waals surface area contributed by atoms with Crippen molar-refractivity contribution >= 4 is 12.9 Å². The third-order valence-electron chi connectivity index (χ3n) is 2.39. The molecule has 0 N–H and O–H groups in total. The van der Waals surface area contributed by atoms with Crippen molar-refractivity contribution in [3.8, 4) is 0 Å². The van der Waals surface area contributed by atoms with Crippen molar-refractivity contribution in [2.24, 2.45) is 0 Å². The largest absolute Gasteiger partial charge is 0.461 e. The highest BCUT2D eigenvalue weighted by molar-refractivity contribution is 6.51. The molecule has 4 heteroatoms. The van der Waals surface area contributed by atoms with Crippen molar-refractivity contribution in [3.63, 3.8) is 0 Å². The lowest BCUT2D eigenvalue weighted by molar-refractivity contribution is -0.146. The number of carbonyl (C=O) groups is 1. The second-order valence-electron chi connectivity index (χ2n) is 3.55. The van der Waals surface area contributed by atoms with Crippen LogP contribution in [0, 0.1) is 0 Å². The van der Waals surface area contributed by atoms with Crippen LogP contribution in [0.25, 0.3) is 0 Å². The molecule has 1 heterocycles. The highest BCUT2D eigenvalue weighted by Crippen LogP contribution is 2.19. The van der Waals surface area contributed by atoms with Gasteiger partial charge in [-0.15, -0.1) is 0 Å². The van der Waals surface area contributed by atoms with Crippen molar-refractivity contribution in [2.75, 3.05) is 0 Å². The summed E-state index contributed by atoms with van der Waals surface area (Å²) in [5, 5.41) is 0. The third-order valence-corrected chi connectivity index (χ3v) is 2.39. The highest BCUT2D eigenvalue weighted by Gasteiger charge is 2.34. The predicted octanol–water partition coefficient (Wildman–Crippen LogP) is 1.74. The molecule has 1 aliphatic rings. The van der Waals surface area contributed by atoms with Gasteiger partial charge in [0.15, 0.2) is 0 Å². The van der Waals surface area contributed by atoms with Crippen LogP contribution in [0.4, 0.5) is 0 Å². The lowest BCUT2D eigenvalue weighted by Gasteiger charge is -2.13. The van der Waals surface area contributed by atoms with E-state index in [1.165, 1.54) is 0 Å². The van der Waals surface area contributed by atoms with Crippen molar-refractivity contribution in [3.05, 3.63) is 0 Å². The van der Waals surface area contributed by atoms with Gasteiger partial charge in [0.25, 0.3) is 6.92 Å². The summed E-state index contributed by atoms with van der Waals surface area (Å²) in [4.78, 5) is 11.2. The zero-order valence-corrected chi connectivity index (χ0v) is 8.58. The summed E-state index contributed by atoms with van der Waals surface area (Å²) >= 11 is 0. The molecule has 0 saturated carbocycles. The fourth-order valence-electron chi connectivity index (χ4n) is 1.54. The summed E-state index contributed by atoms with van der Waals surface area (Å²) in [5.41, 5.74) is 0.